The molecule has 1 unspecified atom stereocenters. The predicted molar refractivity (Wildman–Crippen MR) is 94.6 cm³/mol. The Balaban J connectivity index is 0.00000200. The lowest BCUT2D eigenvalue weighted by Gasteiger charge is -2.33. The topological polar surface area (TPSA) is 40.5 Å². The van der Waals surface area contributed by atoms with Crippen molar-refractivity contribution >= 4 is 29.9 Å². The van der Waals surface area contributed by atoms with Gasteiger partial charge in [0.05, 0.1) is 12.2 Å². The molecule has 1 aromatic heterocycles. The number of halogens is 1. The summed E-state index contributed by atoms with van der Waals surface area (Å²) in [4.78, 5) is 11.2. The Morgan fingerprint density at radius 1 is 1.50 bits per heavy atom. The van der Waals surface area contributed by atoms with Gasteiger partial charge in [-0.1, -0.05) is 13.0 Å². The van der Waals surface area contributed by atoms with Crippen LogP contribution in [0.1, 0.15) is 31.2 Å². The van der Waals surface area contributed by atoms with Crippen LogP contribution in [-0.4, -0.2) is 36.0 Å². The van der Waals surface area contributed by atoms with Gasteiger partial charge in [0.25, 0.3) is 0 Å². The summed E-state index contributed by atoms with van der Waals surface area (Å²) in [6.45, 7) is 7.26. The van der Waals surface area contributed by atoms with Gasteiger partial charge in [-0.05, 0) is 37.8 Å². The smallest absolute Gasteiger partial charge is 0.193 e. The summed E-state index contributed by atoms with van der Waals surface area (Å²) < 4.78 is 0. The van der Waals surface area contributed by atoms with Gasteiger partial charge in [0.15, 0.2) is 5.96 Å². The van der Waals surface area contributed by atoms with Crippen molar-refractivity contribution in [2.75, 3.05) is 20.1 Å². The highest BCUT2D eigenvalue weighted by Gasteiger charge is 2.18. The molecule has 5 heteroatoms. The molecule has 0 bridgehead atoms. The van der Waals surface area contributed by atoms with Gasteiger partial charge >= 0.3 is 0 Å². The summed E-state index contributed by atoms with van der Waals surface area (Å²) in [5, 5.41) is 3.42. The number of likely N-dealkylation sites (tertiary alicyclic amines) is 1. The second-order valence-corrected chi connectivity index (χ2v) is 5.36. The number of piperidine rings is 1. The van der Waals surface area contributed by atoms with E-state index in [1.165, 1.54) is 12.8 Å². The molecule has 1 aliphatic heterocycles. The van der Waals surface area contributed by atoms with Crippen LogP contribution in [0.15, 0.2) is 23.2 Å². The Morgan fingerprint density at radius 2 is 2.30 bits per heavy atom. The number of guanidine groups is 1. The third kappa shape index (κ3) is 4.92. The molecule has 4 nitrogen and oxygen atoms in total. The van der Waals surface area contributed by atoms with Crippen molar-refractivity contribution in [2.24, 2.45) is 10.9 Å². The van der Waals surface area contributed by atoms with Crippen LogP contribution in [0.4, 0.5) is 0 Å². The van der Waals surface area contributed by atoms with E-state index < -0.39 is 0 Å². The number of aromatic nitrogens is 1. The molecule has 0 amide bonds. The molecular formula is C15H25IN4. The van der Waals surface area contributed by atoms with Gasteiger partial charge in [0.2, 0.25) is 0 Å². The van der Waals surface area contributed by atoms with Crippen LogP contribution in [0.5, 0.6) is 0 Å². The van der Waals surface area contributed by atoms with Crippen molar-refractivity contribution < 1.29 is 0 Å². The van der Waals surface area contributed by atoms with Gasteiger partial charge in [-0.15, -0.1) is 24.0 Å². The Labute approximate surface area is 139 Å². The number of rotatable bonds is 2. The zero-order chi connectivity index (χ0) is 13.7. The Bertz CT molecular complexity index is 447. The van der Waals surface area contributed by atoms with Crippen molar-refractivity contribution in [3.63, 3.8) is 0 Å². The van der Waals surface area contributed by atoms with E-state index in [1.54, 1.807) is 0 Å². The third-order valence-corrected chi connectivity index (χ3v) is 3.54. The summed E-state index contributed by atoms with van der Waals surface area (Å²) in [5.74, 6) is 1.75. The first-order valence-corrected chi connectivity index (χ1v) is 7.07. The lowest BCUT2D eigenvalue weighted by atomic mass is 10.0. The van der Waals surface area contributed by atoms with Gasteiger partial charge in [-0.25, -0.2) is 0 Å². The molecule has 0 saturated carbocycles. The minimum absolute atomic E-state index is 0. The fraction of sp³-hybridized carbons (Fsp3) is 0.600. The number of nitrogens with zero attached hydrogens (tertiary/aromatic N) is 3. The molecule has 0 aromatic carbocycles. The summed E-state index contributed by atoms with van der Waals surface area (Å²) >= 11 is 0. The highest BCUT2D eigenvalue weighted by Crippen LogP contribution is 2.15. The Morgan fingerprint density at radius 3 is 2.95 bits per heavy atom. The quantitative estimate of drug-likeness (QED) is 0.481. The minimum atomic E-state index is 0. The molecule has 2 rings (SSSR count). The monoisotopic (exact) mass is 388 g/mol. The van der Waals surface area contributed by atoms with Crippen LogP contribution in [0.2, 0.25) is 0 Å². The molecular weight excluding hydrogens is 363 g/mol. The highest BCUT2D eigenvalue weighted by atomic mass is 127. The number of nitrogens with one attached hydrogen (secondary N) is 1. The van der Waals surface area contributed by atoms with Crippen molar-refractivity contribution in [2.45, 2.75) is 33.2 Å². The molecule has 112 valence electrons. The van der Waals surface area contributed by atoms with Crippen molar-refractivity contribution in [1.82, 2.24) is 15.2 Å². The standard InChI is InChI=1S/C15H24N4.HI/c1-12-6-5-9-19(11-12)15(16-3)17-10-14-8-4-7-13(2)18-14;/h4,7-8,12H,5-6,9-11H2,1-3H3,(H,16,17);1H. The summed E-state index contributed by atoms with van der Waals surface area (Å²) in [7, 11) is 1.85. The average molecular weight is 388 g/mol. The molecule has 1 atom stereocenters. The molecule has 20 heavy (non-hydrogen) atoms. The molecule has 1 saturated heterocycles. The van der Waals surface area contributed by atoms with Crippen LogP contribution in [0.25, 0.3) is 0 Å². The second kappa shape index (κ2) is 8.44. The van der Waals surface area contributed by atoms with E-state index >= 15 is 0 Å². The van der Waals surface area contributed by atoms with Crippen LogP contribution in [-0.2, 0) is 6.54 Å². The number of aryl methyl sites for hydroxylation is 1. The van der Waals surface area contributed by atoms with E-state index in [9.17, 15) is 0 Å². The molecule has 1 fully saturated rings. The highest BCUT2D eigenvalue weighted by molar-refractivity contribution is 14.0. The third-order valence-electron chi connectivity index (χ3n) is 3.54. The van der Waals surface area contributed by atoms with Gasteiger partial charge in [-0.3, -0.25) is 9.98 Å². The number of aliphatic imine (C=N–C) groups is 1. The van der Waals surface area contributed by atoms with E-state index in [4.69, 9.17) is 0 Å². The first kappa shape index (κ1) is 17.2. The minimum Gasteiger partial charge on any atom is -0.351 e. The maximum absolute atomic E-state index is 4.50. The molecule has 1 aromatic rings. The summed E-state index contributed by atoms with van der Waals surface area (Å²) in [6.07, 6.45) is 2.58. The van der Waals surface area contributed by atoms with E-state index in [2.05, 4.69) is 27.1 Å². The maximum atomic E-state index is 4.50. The van der Waals surface area contributed by atoms with Crippen molar-refractivity contribution in [3.05, 3.63) is 29.6 Å². The Hall–Kier alpha value is -0.850. The zero-order valence-electron chi connectivity index (χ0n) is 12.6. The average Bonchev–Trinajstić information content (AvgIpc) is 2.40. The lowest BCUT2D eigenvalue weighted by Crippen LogP contribution is -2.45. The van der Waals surface area contributed by atoms with Gasteiger partial charge in [0.1, 0.15) is 0 Å². The first-order chi connectivity index (χ1) is 9.19. The summed E-state index contributed by atoms with van der Waals surface area (Å²) in [6, 6.07) is 6.11. The van der Waals surface area contributed by atoms with E-state index in [0.717, 1.165) is 42.9 Å². The number of pyridine rings is 1. The van der Waals surface area contributed by atoms with Gasteiger partial charge in [-0.2, -0.15) is 0 Å². The second-order valence-electron chi connectivity index (χ2n) is 5.36. The van der Waals surface area contributed by atoms with Crippen LogP contribution >= 0.6 is 24.0 Å². The molecule has 1 aliphatic rings. The van der Waals surface area contributed by atoms with E-state index in [0.29, 0.717) is 0 Å². The number of hydrogen-bond acceptors (Lipinski definition) is 2. The SMILES string of the molecule is CN=C(NCc1cccc(C)n1)N1CCCC(C)C1.I. The maximum Gasteiger partial charge on any atom is 0.193 e. The molecule has 0 radical (unpaired) electrons. The van der Waals surface area contributed by atoms with Gasteiger partial charge in [0, 0.05) is 25.8 Å². The fourth-order valence-electron chi connectivity index (χ4n) is 2.58. The van der Waals surface area contributed by atoms with Crippen LogP contribution in [0, 0.1) is 12.8 Å². The van der Waals surface area contributed by atoms with Crippen molar-refractivity contribution in [1.29, 1.82) is 0 Å². The summed E-state index contributed by atoms with van der Waals surface area (Å²) in [5.41, 5.74) is 2.12. The van der Waals surface area contributed by atoms with Crippen LogP contribution < -0.4 is 5.32 Å². The van der Waals surface area contributed by atoms with E-state index in [1.807, 2.05) is 32.2 Å². The van der Waals surface area contributed by atoms with Gasteiger partial charge < -0.3 is 10.2 Å². The molecule has 0 aliphatic carbocycles. The van der Waals surface area contributed by atoms with E-state index in [-0.39, 0.29) is 24.0 Å². The Kier molecular flexibility index (Phi) is 7.26. The first-order valence-electron chi connectivity index (χ1n) is 7.07. The normalized spacial score (nSPS) is 19.4. The molecule has 2 heterocycles. The lowest BCUT2D eigenvalue weighted by molar-refractivity contribution is 0.266. The number of hydrogen-bond donors (Lipinski definition) is 1. The molecule has 1 N–H and O–H groups in total. The zero-order valence-corrected chi connectivity index (χ0v) is 14.9. The largest absolute Gasteiger partial charge is 0.351 e. The fourth-order valence-corrected chi connectivity index (χ4v) is 2.58. The molecule has 0 spiro atoms. The van der Waals surface area contributed by atoms with Crippen LogP contribution in [0.3, 0.4) is 0 Å². The predicted octanol–water partition coefficient (Wildman–Crippen LogP) is 2.82. The van der Waals surface area contributed by atoms with Crippen molar-refractivity contribution in [3.8, 4) is 0 Å².